The van der Waals surface area contributed by atoms with Crippen LogP contribution in [0.15, 0.2) is 41.3 Å². The third kappa shape index (κ3) is 3.65. The summed E-state index contributed by atoms with van der Waals surface area (Å²) in [4.78, 5) is 36.4. The van der Waals surface area contributed by atoms with E-state index < -0.39 is 5.60 Å². The number of amides is 1. The Hall–Kier alpha value is -3.09. The molecule has 7 nitrogen and oxygen atoms in total. The van der Waals surface area contributed by atoms with Crippen LogP contribution in [0, 0.1) is 0 Å². The number of fused-ring (bicyclic) bond motifs is 1. The third-order valence-corrected chi connectivity index (χ3v) is 4.83. The maximum absolute atomic E-state index is 12.5. The standard InChI is InChI=1S/C21H24N4O3/c1-21(2,3)28-20(27)25-10-4-5-17(25)19-22-12-16(24-19)14-6-8-15-13(11-14)7-9-18(26)23-15/h6-9,11-12,17H,4-5,10H2,1-3H3,(H,22,24)(H,23,26)/t17-/m0/s1. The van der Waals surface area contributed by atoms with E-state index in [1.807, 2.05) is 39.0 Å². The van der Waals surface area contributed by atoms with Crippen LogP contribution in [-0.4, -0.2) is 38.1 Å². The number of rotatable bonds is 2. The molecule has 0 spiro atoms. The number of hydrogen-bond donors (Lipinski definition) is 2. The number of nitrogens with one attached hydrogen (secondary N) is 2. The van der Waals surface area contributed by atoms with Crippen molar-refractivity contribution in [1.82, 2.24) is 19.9 Å². The van der Waals surface area contributed by atoms with E-state index in [1.54, 1.807) is 17.2 Å². The molecule has 0 radical (unpaired) electrons. The lowest BCUT2D eigenvalue weighted by molar-refractivity contribution is 0.0219. The minimum atomic E-state index is -0.523. The second kappa shape index (κ2) is 6.82. The van der Waals surface area contributed by atoms with Gasteiger partial charge in [-0.1, -0.05) is 6.07 Å². The minimum Gasteiger partial charge on any atom is -0.444 e. The first-order valence-electron chi connectivity index (χ1n) is 9.48. The maximum atomic E-state index is 12.5. The molecule has 1 fully saturated rings. The summed E-state index contributed by atoms with van der Waals surface area (Å²) >= 11 is 0. The van der Waals surface area contributed by atoms with Gasteiger partial charge in [-0.05, 0) is 57.2 Å². The molecule has 2 aromatic heterocycles. The van der Waals surface area contributed by atoms with Crippen LogP contribution in [0.2, 0.25) is 0 Å². The van der Waals surface area contributed by atoms with Crippen LogP contribution in [0.25, 0.3) is 22.2 Å². The van der Waals surface area contributed by atoms with Gasteiger partial charge < -0.3 is 14.7 Å². The monoisotopic (exact) mass is 380 g/mol. The number of aromatic amines is 2. The Labute approximate surface area is 162 Å². The molecule has 3 aromatic rings. The van der Waals surface area contributed by atoms with Gasteiger partial charge in [0.05, 0.1) is 17.9 Å². The molecular weight excluding hydrogens is 356 g/mol. The quantitative estimate of drug-likeness (QED) is 0.703. The van der Waals surface area contributed by atoms with E-state index in [9.17, 15) is 9.59 Å². The average Bonchev–Trinajstić information content (AvgIpc) is 3.29. The van der Waals surface area contributed by atoms with Crippen LogP contribution in [0.1, 0.15) is 45.5 Å². The van der Waals surface area contributed by atoms with E-state index in [4.69, 9.17) is 4.74 Å². The molecular formula is C21H24N4O3. The second-order valence-corrected chi connectivity index (χ2v) is 8.14. The molecule has 146 valence electrons. The summed E-state index contributed by atoms with van der Waals surface area (Å²) in [6.45, 7) is 6.27. The van der Waals surface area contributed by atoms with E-state index in [1.165, 1.54) is 6.07 Å². The Morgan fingerprint density at radius 2 is 2.04 bits per heavy atom. The first-order valence-corrected chi connectivity index (χ1v) is 9.48. The van der Waals surface area contributed by atoms with Gasteiger partial charge in [0.2, 0.25) is 5.56 Å². The zero-order valence-electron chi connectivity index (χ0n) is 16.3. The fourth-order valence-corrected chi connectivity index (χ4v) is 3.56. The van der Waals surface area contributed by atoms with Gasteiger partial charge in [0.25, 0.3) is 0 Å². The molecule has 1 amide bonds. The number of carbonyl (C=O) groups is 1. The van der Waals surface area contributed by atoms with Crippen molar-refractivity contribution in [2.75, 3.05) is 6.54 Å². The number of nitrogens with zero attached hydrogens (tertiary/aromatic N) is 2. The fourth-order valence-electron chi connectivity index (χ4n) is 3.56. The molecule has 0 unspecified atom stereocenters. The van der Waals surface area contributed by atoms with Gasteiger partial charge in [-0.2, -0.15) is 0 Å². The van der Waals surface area contributed by atoms with E-state index in [0.717, 1.165) is 40.8 Å². The molecule has 1 aliphatic heterocycles. The molecule has 1 aliphatic rings. The van der Waals surface area contributed by atoms with Crippen LogP contribution in [0.3, 0.4) is 0 Å². The molecule has 28 heavy (non-hydrogen) atoms. The lowest BCUT2D eigenvalue weighted by atomic mass is 10.1. The van der Waals surface area contributed by atoms with Gasteiger partial charge >= 0.3 is 6.09 Å². The number of aromatic nitrogens is 3. The summed E-state index contributed by atoms with van der Waals surface area (Å²) in [5, 5.41) is 0.949. The number of imidazole rings is 1. The Balaban J connectivity index is 1.59. The summed E-state index contributed by atoms with van der Waals surface area (Å²) in [5.74, 6) is 0.764. The first kappa shape index (κ1) is 18.3. The number of ether oxygens (including phenoxy) is 1. The highest BCUT2D eigenvalue weighted by Crippen LogP contribution is 2.33. The summed E-state index contributed by atoms with van der Waals surface area (Å²) in [5.41, 5.74) is 2.00. The Morgan fingerprint density at radius 3 is 2.82 bits per heavy atom. The number of hydrogen-bond acceptors (Lipinski definition) is 4. The highest BCUT2D eigenvalue weighted by Gasteiger charge is 2.34. The van der Waals surface area contributed by atoms with Crippen LogP contribution in [0.4, 0.5) is 4.79 Å². The zero-order valence-corrected chi connectivity index (χ0v) is 16.3. The molecule has 1 aromatic carbocycles. The third-order valence-electron chi connectivity index (χ3n) is 4.83. The van der Waals surface area contributed by atoms with Crippen LogP contribution < -0.4 is 5.56 Å². The molecule has 1 atom stereocenters. The van der Waals surface area contributed by atoms with Crippen molar-refractivity contribution >= 4 is 17.0 Å². The Bertz CT molecular complexity index is 1080. The second-order valence-electron chi connectivity index (χ2n) is 8.14. The van der Waals surface area contributed by atoms with E-state index in [-0.39, 0.29) is 17.7 Å². The highest BCUT2D eigenvalue weighted by atomic mass is 16.6. The maximum Gasteiger partial charge on any atom is 0.410 e. The molecule has 0 aliphatic carbocycles. The number of carbonyl (C=O) groups excluding carboxylic acids is 1. The predicted octanol–water partition coefficient (Wildman–Crippen LogP) is 3.99. The molecule has 4 rings (SSSR count). The van der Waals surface area contributed by atoms with Crippen molar-refractivity contribution < 1.29 is 9.53 Å². The van der Waals surface area contributed by atoms with Crippen molar-refractivity contribution in [2.45, 2.75) is 45.3 Å². The summed E-state index contributed by atoms with van der Waals surface area (Å²) in [6, 6.07) is 9.03. The van der Waals surface area contributed by atoms with Crippen molar-refractivity contribution in [1.29, 1.82) is 0 Å². The number of likely N-dealkylation sites (tertiary alicyclic amines) is 1. The highest BCUT2D eigenvalue weighted by molar-refractivity contribution is 5.83. The van der Waals surface area contributed by atoms with Gasteiger partial charge in [0.15, 0.2) is 0 Å². The Kier molecular flexibility index (Phi) is 4.45. The zero-order chi connectivity index (χ0) is 19.9. The smallest absolute Gasteiger partial charge is 0.410 e. The number of H-pyrrole nitrogens is 2. The number of benzene rings is 1. The summed E-state index contributed by atoms with van der Waals surface area (Å²) < 4.78 is 5.54. The van der Waals surface area contributed by atoms with Gasteiger partial charge in [-0.25, -0.2) is 9.78 Å². The van der Waals surface area contributed by atoms with E-state index in [2.05, 4.69) is 15.0 Å². The van der Waals surface area contributed by atoms with Gasteiger partial charge in [-0.3, -0.25) is 9.69 Å². The molecule has 7 heteroatoms. The molecule has 0 saturated carbocycles. The van der Waals surface area contributed by atoms with E-state index in [0.29, 0.717) is 6.54 Å². The fraction of sp³-hybridized carbons (Fsp3) is 0.381. The first-order chi connectivity index (χ1) is 13.3. The Morgan fingerprint density at radius 1 is 1.21 bits per heavy atom. The van der Waals surface area contributed by atoms with Crippen molar-refractivity contribution in [2.24, 2.45) is 0 Å². The molecule has 1 saturated heterocycles. The number of pyridine rings is 1. The molecule has 3 heterocycles. The van der Waals surface area contributed by atoms with Crippen LogP contribution in [-0.2, 0) is 4.74 Å². The summed E-state index contributed by atoms with van der Waals surface area (Å²) in [7, 11) is 0. The summed E-state index contributed by atoms with van der Waals surface area (Å²) in [6.07, 6.45) is 3.25. The normalized spacial score (nSPS) is 17.2. The van der Waals surface area contributed by atoms with Gasteiger partial charge in [-0.15, -0.1) is 0 Å². The molecule has 2 N–H and O–H groups in total. The minimum absolute atomic E-state index is 0.111. The van der Waals surface area contributed by atoms with Crippen LogP contribution >= 0.6 is 0 Å². The van der Waals surface area contributed by atoms with Crippen molar-refractivity contribution in [3.05, 3.63) is 52.7 Å². The van der Waals surface area contributed by atoms with Gasteiger partial charge in [0, 0.05) is 23.7 Å². The largest absolute Gasteiger partial charge is 0.444 e. The van der Waals surface area contributed by atoms with Crippen molar-refractivity contribution in [3.63, 3.8) is 0 Å². The average molecular weight is 380 g/mol. The van der Waals surface area contributed by atoms with E-state index >= 15 is 0 Å². The topological polar surface area (TPSA) is 91.1 Å². The van der Waals surface area contributed by atoms with Crippen LogP contribution in [0.5, 0.6) is 0 Å². The van der Waals surface area contributed by atoms with Crippen molar-refractivity contribution in [3.8, 4) is 11.3 Å². The predicted molar refractivity (Wildman–Crippen MR) is 107 cm³/mol. The molecule has 0 bridgehead atoms. The lowest BCUT2D eigenvalue weighted by Crippen LogP contribution is -2.36. The SMILES string of the molecule is CC(C)(C)OC(=O)N1CCC[C@H]1c1ncc(-c2ccc3[nH]c(=O)ccc3c2)[nH]1. The van der Waals surface area contributed by atoms with Gasteiger partial charge in [0.1, 0.15) is 11.4 Å². The lowest BCUT2D eigenvalue weighted by Gasteiger charge is -2.27.